The highest BCUT2D eigenvalue weighted by Gasteiger charge is 2.20. The second kappa shape index (κ2) is 5.09. The summed E-state index contributed by atoms with van der Waals surface area (Å²) >= 11 is 0. The second-order valence-electron chi connectivity index (χ2n) is 4.81. The fraction of sp³-hybridized carbons (Fsp3) is 0.462. The van der Waals surface area contributed by atoms with E-state index in [1.165, 1.54) is 12.1 Å². The van der Waals surface area contributed by atoms with E-state index in [0.29, 0.717) is 13.1 Å². The van der Waals surface area contributed by atoms with Crippen LogP contribution in [0, 0.1) is 17.1 Å². The quantitative estimate of drug-likeness (QED) is 0.732. The van der Waals surface area contributed by atoms with Gasteiger partial charge in [-0.3, -0.25) is 4.90 Å². The molecule has 0 aliphatic heterocycles. The zero-order valence-corrected chi connectivity index (χ0v) is 10.00. The molecule has 0 heterocycles. The van der Waals surface area contributed by atoms with Crippen LogP contribution in [0.3, 0.4) is 0 Å². The maximum Gasteiger partial charge on any atom is 0.123 e. The molecule has 0 atom stereocenters. The van der Waals surface area contributed by atoms with E-state index in [9.17, 15) is 4.39 Å². The van der Waals surface area contributed by atoms with E-state index < -0.39 is 0 Å². The molecule has 0 unspecified atom stereocenters. The molecular weight excluding hydrogens is 203 g/mol. The molecule has 0 aliphatic carbocycles. The third-order valence-corrected chi connectivity index (χ3v) is 2.50. The van der Waals surface area contributed by atoms with Crippen LogP contribution in [-0.4, -0.2) is 17.0 Å². The van der Waals surface area contributed by atoms with E-state index in [2.05, 4.69) is 31.7 Å². The molecular formula is C13H17FN2. The van der Waals surface area contributed by atoms with E-state index in [0.717, 1.165) is 5.56 Å². The molecule has 0 fully saturated rings. The molecule has 0 radical (unpaired) electrons. The molecule has 0 aliphatic rings. The number of rotatable bonds is 3. The summed E-state index contributed by atoms with van der Waals surface area (Å²) in [6, 6.07) is 8.56. The first-order valence-electron chi connectivity index (χ1n) is 5.30. The van der Waals surface area contributed by atoms with Crippen LogP contribution >= 0.6 is 0 Å². The average Bonchev–Trinajstić information content (AvgIpc) is 2.19. The van der Waals surface area contributed by atoms with Gasteiger partial charge >= 0.3 is 0 Å². The number of nitriles is 1. The second-order valence-corrected chi connectivity index (χ2v) is 4.81. The molecule has 1 aromatic rings. The van der Waals surface area contributed by atoms with Crippen molar-refractivity contribution in [1.29, 1.82) is 5.26 Å². The summed E-state index contributed by atoms with van der Waals surface area (Å²) in [6.07, 6.45) is 0. The normalized spacial score (nSPS) is 11.5. The topological polar surface area (TPSA) is 27.0 Å². The Morgan fingerprint density at radius 2 is 1.81 bits per heavy atom. The van der Waals surface area contributed by atoms with Gasteiger partial charge in [0.05, 0.1) is 12.6 Å². The molecule has 1 aromatic carbocycles. The van der Waals surface area contributed by atoms with Gasteiger partial charge in [0, 0.05) is 12.1 Å². The Kier molecular flexibility index (Phi) is 4.03. The van der Waals surface area contributed by atoms with Crippen molar-refractivity contribution in [2.45, 2.75) is 32.9 Å². The summed E-state index contributed by atoms with van der Waals surface area (Å²) < 4.78 is 12.7. The van der Waals surface area contributed by atoms with Gasteiger partial charge in [-0.05, 0) is 38.5 Å². The van der Waals surface area contributed by atoms with Crippen molar-refractivity contribution in [1.82, 2.24) is 4.90 Å². The highest BCUT2D eigenvalue weighted by molar-refractivity contribution is 5.16. The first kappa shape index (κ1) is 12.7. The van der Waals surface area contributed by atoms with Gasteiger partial charge in [-0.15, -0.1) is 0 Å². The van der Waals surface area contributed by atoms with Crippen LogP contribution in [0.5, 0.6) is 0 Å². The minimum Gasteiger partial charge on any atom is -0.281 e. The van der Waals surface area contributed by atoms with Gasteiger partial charge in [0.25, 0.3) is 0 Å². The molecule has 1 rings (SSSR count). The van der Waals surface area contributed by atoms with Crippen LogP contribution in [0.25, 0.3) is 0 Å². The Bertz CT molecular complexity index is 370. The lowest BCUT2D eigenvalue weighted by atomic mass is 10.0. The van der Waals surface area contributed by atoms with Crippen molar-refractivity contribution < 1.29 is 4.39 Å². The first-order chi connectivity index (χ1) is 7.43. The van der Waals surface area contributed by atoms with Crippen molar-refractivity contribution in [3.8, 4) is 6.07 Å². The lowest BCUT2D eigenvalue weighted by molar-refractivity contribution is 0.147. The number of hydrogen-bond donors (Lipinski definition) is 0. The van der Waals surface area contributed by atoms with Crippen LogP contribution in [-0.2, 0) is 6.54 Å². The smallest absolute Gasteiger partial charge is 0.123 e. The first-order valence-corrected chi connectivity index (χ1v) is 5.30. The van der Waals surface area contributed by atoms with Gasteiger partial charge in [0.2, 0.25) is 0 Å². The Balaban J connectivity index is 2.76. The fourth-order valence-electron chi connectivity index (χ4n) is 1.43. The van der Waals surface area contributed by atoms with E-state index in [1.54, 1.807) is 12.1 Å². The van der Waals surface area contributed by atoms with Crippen LogP contribution in [0.15, 0.2) is 24.3 Å². The summed E-state index contributed by atoms with van der Waals surface area (Å²) in [5, 5.41) is 8.77. The summed E-state index contributed by atoms with van der Waals surface area (Å²) in [4.78, 5) is 2.06. The number of nitrogens with zero attached hydrogens (tertiary/aromatic N) is 2. The number of benzene rings is 1. The molecule has 0 saturated carbocycles. The van der Waals surface area contributed by atoms with Crippen LogP contribution in [0.1, 0.15) is 26.3 Å². The van der Waals surface area contributed by atoms with Crippen molar-refractivity contribution in [2.75, 3.05) is 6.54 Å². The summed E-state index contributed by atoms with van der Waals surface area (Å²) in [5.74, 6) is -0.230. The molecule has 0 aromatic heterocycles. The van der Waals surface area contributed by atoms with Gasteiger partial charge < -0.3 is 0 Å². The van der Waals surface area contributed by atoms with Crippen LogP contribution < -0.4 is 0 Å². The SMILES string of the molecule is CC(C)(C)N(CC#N)Cc1ccc(F)cc1. The summed E-state index contributed by atoms with van der Waals surface area (Å²) in [7, 11) is 0. The van der Waals surface area contributed by atoms with E-state index >= 15 is 0 Å². The maximum atomic E-state index is 12.7. The standard InChI is InChI=1S/C13H17FN2/c1-13(2,3)16(9-8-15)10-11-4-6-12(14)7-5-11/h4-7H,9-10H2,1-3H3. The molecule has 0 bridgehead atoms. The average molecular weight is 220 g/mol. The molecule has 86 valence electrons. The lowest BCUT2D eigenvalue weighted by Gasteiger charge is -2.33. The third kappa shape index (κ3) is 3.63. The van der Waals surface area contributed by atoms with Crippen molar-refractivity contribution in [3.05, 3.63) is 35.6 Å². The molecule has 16 heavy (non-hydrogen) atoms. The van der Waals surface area contributed by atoms with Crippen molar-refractivity contribution in [3.63, 3.8) is 0 Å². The summed E-state index contributed by atoms with van der Waals surface area (Å²) in [5.41, 5.74) is 0.955. The zero-order valence-electron chi connectivity index (χ0n) is 10.00. The van der Waals surface area contributed by atoms with Crippen molar-refractivity contribution >= 4 is 0 Å². The van der Waals surface area contributed by atoms with E-state index in [1.807, 2.05) is 0 Å². The monoisotopic (exact) mass is 220 g/mol. The zero-order chi connectivity index (χ0) is 12.2. The van der Waals surface area contributed by atoms with Gasteiger partial charge in [-0.25, -0.2) is 4.39 Å². The highest BCUT2D eigenvalue weighted by Crippen LogP contribution is 2.16. The van der Waals surface area contributed by atoms with Gasteiger partial charge in [-0.2, -0.15) is 5.26 Å². The number of halogens is 1. The Morgan fingerprint density at radius 3 is 2.25 bits per heavy atom. The predicted octanol–water partition coefficient (Wildman–Crippen LogP) is 2.95. The molecule has 0 N–H and O–H groups in total. The molecule has 2 nitrogen and oxygen atoms in total. The van der Waals surface area contributed by atoms with E-state index in [-0.39, 0.29) is 11.4 Å². The highest BCUT2D eigenvalue weighted by atomic mass is 19.1. The minimum absolute atomic E-state index is 0.0654. The van der Waals surface area contributed by atoms with E-state index in [4.69, 9.17) is 5.26 Å². The van der Waals surface area contributed by atoms with Gasteiger partial charge in [0.15, 0.2) is 0 Å². The van der Waals surface area contributed by atoms with Crippen molar-refractivity contribution in [2.24, 2.45) is 0 Å². The predicted molar refractivity (Wildman–Crippen MR) is 62.2 cm³/mol. The maximum absolute atomic E-state index is 12.7. The molecule has 0 amide bonds. The molecule has 0 saturated heterocycles. The Labute approximate surface area is 96.3 Å². The van der Waals surface area contributed by atoms with Crippen LogP contribution in [0.2, 0.25) is 0 Å². The molecule has 0 spiro atoms. The summed E-state index contributed by atoms with van der Waals surface area (Å²) in [6.45, 7) is 7.23. The Hall–Kier alpha value is -1.40. The Morgan fingerprint density at radius 1 is 1.25 bits per heavy atom. The fourth-order valence-corrected chi connectivity index (χ4v) is 1.43. The van der Waals surface area contributed by atoms with Crippen LogP contribution in [0.4, 0.5) is 4.39 Å². The van der Waals surface area contributed by atoms with Gasteiger partial charge in [0.1, 0.15) is 5.82 Å². The number of hydrogen-bond acceptors (Lipinski definition) is 2. The largest absolute Gasteiger partial charge is 0.281 e. The minimum atomic E-state index is -0.230. The third-order valence-electron chi connectivity index (χ3n) is 2.50. The van der Waals surface area contributed by atoms with Gasteiger partial charge in [-0.1, -0.05) is 12.1 Å². The lowest BCUT2D eigenvalue weighted by Crippen LogP contribution is -2.40. The molecule has 3 heteroatoms.